The van der Waals surface area contributed by atoms with Crippen molar-refractivity contribution >= 4 is 11.6 Å². The molecule has 0 heterocycles. The second kappa shape index (κ2) is 4.88. The highest BCUT2D eigenvalue weighted by Crippen LogP contribution is 2.24. The van der Waals surface area contributed by atoms with Gasteiger partial charge >= 0.3 is 0 Å². The van der Waals surface area contributed by atoms with Crippen molar-refractivity contribution in [1.29, 1.82) is 0 Å². The van der Waals surface area contributed by atoms with Gasteiger partial charge in [0.1, 0.15) is 5.56 Å². The van der Waals surface area contributed by atoms with Crippen LogP contribution in [0.2, 0.25) is 0 Å². The summed E-state index contributed by atoms with van der Waals surface area (Å²) in [6.07, 6.45) is 0.164. The van der Waals surface area contributed by atoms with E-state index < -0.39 is 39.8 Å². The number of nitro groups is 1. The third kappa shape index (κ3) is 2.68. The standard InChI is InChI=1S/C11H10F2N2O4/c12-8-3-7(10(15(18)19)4-9(8)13)11(17)14-5-1-6(16)2-5/h3-6,16H,1-2H2,(H,14,17). The highest BCUT2D eigenvalue weighted by atomic mass is 19.2. The van der Waals surface area contributed by atoms with Crippen LogP contribution >= 0.6 is 0 Å². The van der Waals surface area contributed by atoms with Crippen molar-refractivity contribution in [3.8, 4) is 0 Å². The molecule has 1 fully saturated rings. The van der Waals surface area contributed by atoms with Gasteiger partial charge in [-0.1, -0.05) is 0 Å². The van der Waals surface area contributed by atoms with Crippen molar-refractivity contribution in [1.82, 2.24) is 5.32 Å². The summed E-state index contributed by atoms with van der Waals surface area (Å²) < 4.78 is 26.0. The van der Waals surface area contributed by atoms with E-state index in [2.05, 4.69) is 5.32 Å². The van der Waals surface area contributed by atoms with E-state index in [1.807, 2.05) is 0 Å². The molecule has 0 aromatic heterocycles. The molecule has 102 valence electrons. The molecule has 8 heteroatoms. The zero-order valence-corrected chi connectivity index (χ0v) is 9.60. The number of halogens is 2. The van der Waals surface area contributed by atoms with Gasteiger partial charge in [-0.15, -0.1) is 0 Å². The largest absolute Gasteiger partial charge is 0.393 e. The van der Waals surface area contributed by atoms with Crippen LogP contribution in [-0.2, 0) is 0 Å². The lowest BCUT2D eigenvalue weighted by Crippen LogP contribution is -2.46. The summed E-state index contributed by atoms with van der Waals surface area (Å²) in [6.45, 7) is 0. The van der Waals surface area contributed by atoms with Crippen LogP contribution in [0.5, 0.6) is 0 Å². The Hall–Kier alpha value is -2.09. The number of benzene rings is 1. The minimum Gasteiger partial charge on any atom is -0.393 e. The average Bonchev–Trinajstić information content (AvgIpc) is 2.29. The Morgan fingerprint density at radius 2 is 1.95 bits per heavy atom. The fourth-order valence-electron chi connectivity index (χ4n) is 1.84. The number of hydrogen-bond donors (Lipinski definition) is 2. The molecule has 0 radical (unpaired) electrons. The minimum absolute atomic E-state index is 0.310. The van der Waals surface area contributed by atoms with Crippen molar-refractivity contribution in [2.45, 2.75) is 25.0 Å². The summed E-state index contributed by atoms with van der Waals surface area (Å²) in [5, 5.41) is 22.2. The predicted molar refractivity (Wildman–Crippen MR) is 59.5 cm³/mol. The second-order valence-corrected chi connectivity index (χ2v) is 4.34. The maximum Gasteiger partial charge on any atom is 0.285 e. The van der Waals surface area contributed by atoms with Gasteiger partial charge in [-0.3, -0.25) is 14.9 Å². The minimum atomic E-state index is -1.39. The topological polar surface area (TPSA) is 92.5 Å². The molecule has 1 aromatic rings. The number of rotatable bonds is 3. The van der Waals surface area contributed by atoms with Gasteiger partial charge in [0.15, 0.2) is 11.6 Å². The fourth-order valence-corrected chi connectivity index (χ4v) is 1.84. The number of aliphatic hydroxyl groups excluding tert-OH is 1. The van der Waals surface area contributed by atoms with Crippen molar-refractivity contribution in [3.63, 3.8) is 0 Å². The molecule has 0 aliphatic heterocycles. The third-order valence-electron chi connectivity index (χ3n) is 2.93. The Bertz CT molecular complexity index is 544. The maximum absolute atomic E-state index is 13.1. The molecular formula is C11H10F2N2O4. The normalized spacial score (nSPS) is 21.6. The third-order valence-corrected chi connectivity index (χ3v) is 2.93. The Morgan fingerprint density at radius 3 is 2.47 bits per heavy atom. The van der Waals surface area contributed by atoms with Crippen LogP contribution in [0.3, 0.4) is 0 Å². The summed E-state index contributed by atoms with van der Waals surface area (Å²) in [4.78, 5) is 21.5. The molecule has 0 atom stereocenters. The molecule has 0 unspecified atom stereocenters. The Labute approximate surface area is 106 Å². The van der Waals surface area contributed by atoms with Crippen molar-refractivity contribution < 1.29 is 23.6 Å². The monoisotopic (exact) mass is 272 g/mol. The van der Waals surface area contributed by atoms with E-state index in [-0.39, 0.29) is 6.04 Å². The quantitative estimate of drug-likeness (QED) is 0.637. The lowest BCUT2D eigenvalue weighted by Gasteiger charge is -2.31. The smallest absolute Gasteiger partial charge is 0.285 e. The van der Waals surface area contributed by atoms with Gasteiger partial charge < -0.3 is 10.4 Å². The molecule has 1 saturated carbocycles. The van der Waals surface area contributed by atoms with E-state index in [1.54, 1.807) is 0 Å². The molecule has 6 nitrogen and oxygen atoms in total. The van der Waals surface area contributed by atoms with E-state index in [0.29, 0.717) is 25.0 Å². The molecule has 1 aromatic carbocycles. The van der Waals surface area contributed by atoms with Gasteiger partial charge in [-0.25, -0.2) is 8.78 Å². The zero-order valence-electron chi connectivity index (χ0n) is 9.60. The Kier molecular flexibility index (Phi) is 3.43. The average molecular weight is 272 g/mol. The molecule has 0 spiro atoms. The SMILES string of the molecule is O=C(NC1CC(O)C1)c1cc(F)c(F)cc1[N+](=O)[O-]. The first-order valence-electron chi connectivity index (χ1n) is 5.51. The van der Waals surface area contributed by atoms with Crippen LogP contribution < -0.4 is 5.32 Å². The molecule has 1 aliphatic carbocycles. The molecule has 0 saturated heterocycles. The highest BCUT2D eigenvalue weighted by molar-refractivity contribution is 5.98. The van der Waals surface area contributed by atoms with Crippen LogP contribution in [0.1, 0.15) is 23.2 Å². The van der Waals surface area contributed by atoms with Crippen molar-refractivity contribution in [2.24, 2.45) is 0 Å². The summed E-state index contributed by atoms with van der Waals surface area (Å²) >= 11 is 0. The first-order chi connectivity index (χ1) is 8.88. The van der Waals surface area contributed by atoms with E-state index in [9.17, 15) is 23.7 Å². The predicted octanol–water partition coefficient (Wildman–Crippen LogP) is 1.13. The van der Waals surface area contributed by atoms with E-state index in [1.165, 1.54) is 0 Å². The Morgan fingerprint density at radius 1 is 1.37 bits per heavy atom. The number of aliphatic hydroxyl groups is 1. The zero-order chi connectivity index (χ0) is 14.2. The van der Waals surface area contributed by atoms with Crippen molar-refractivity contribution in [3.05, 3.63) is 39.4 Å². The van der Waals surface area contributed by atoms with E-state index in [0.717, 1.165) is 0 Å². The first-order valence-corrected chi connectivity index (χ1v) is 5.51. The molecule has 19 heavy (non-hydrogen) atoms. The number of nitrogens with zero attached hydrogens (tertiary/aromatic N) is 1. The number of carbonyl (C=O) groups excluding carboxylic acids is 1. The number of nitrogens with one attached hydrogen (secondary N) is 1. The van der Waals surface area contributed by atoms with Crippen LogP contribution in [0.15, 0.2) is 12.1 Å². The lowest BCUT2D eigenvalue weighted by atomic mass is 9.89. The van der Waals surface area contributed by atoms with Gasteiger partial charge in [-0.2, -0.15) is 0 Å². The Balaban J connectivity index is 2.24. The molecule has 0 bridgehead atoms. The van der Waals surface area contributed by atoms with Gasteiger partial charge in [0, 0.05) is 6.04 Å². The summed E-state index contributed by atoms with van der Waals surface area (Å²) in [5.74, 6) is -3.57. The van der Waals surface area contributed by atoms with Crippen LogP contribution in [-0.4, -0.2) is 28.1 Å². The lowest BCUT2D eigenvalue weighted by molar-refractivity contribution is -0.385. The fraction of sp³-hybridized carbons (Fsp3) is 0.364. The van der Waals surface area contributed by atoms with Gasteiger partial charge in [-0.05, 0) is 18.9 Å². The summed E-state index contributed by atoms with van der Waals surface area (Å²) in [5.41, 5.74) is -1.33. The van der Waals surface area contributed by atoms with Crippen molar-refractivity contribution in [2.75, 3.05) is 0 Å². The van der Waals surface area contributed by atoms with Crippen LogP contribution in [0, 0.1) is 21.7 Å². The number of carbonyl (C=O) groups is 1. The number of amides is 1. The maximum atomic E-state index is 13.1. The second-order valence-electron chi connectivity index (χ2n) is 4.34. The number of nitro benzene ring substituents is 1. The van der Waals surface area contributed by atoms with Gasteiger partial charge in [0.2, 0.25) is 0 Å². The van der Waals surface area contributed by atoms with E-state index >= 15 is 0 Å². The van der Waals surface area contributed by atoms with Gasteiger partial charge in [0.25, 0.3) is 11.6 Å². The van der Waals surface area contributed by atoms with Crippen LogP contribution in [0.25, 0.3) is 0 Å². The highest BCUT2D eigenvalue weighted by Gasteiger charge is 2.31. The van der Waals surface area contributed by atoms with Gasteiger partial charge in [0.05, 0.1) is 17.1 Å². The summed E-state index contributed by atoms with van der Waals surface area (Å²) in [7, 11) is 0. The number of hydrogen-bond acceptors (Lipinski definition) is 4. The van der Waals surface area contributed by atoms with Crippen LogP contribution in [0.4, 0.5) is 14.5 Å². The van der Waals surface area contributed by atoms with E-state index in [4.69, 9.17) is 5.11 Å². The first kappa shape index (κ1) is 13.3. The molecule has 2 N–H and O–H groups in total. The summed E-state index contributed by atoms with van der Waals surface area (Å²) in [6, 6.07) is 0.563. The molecular weight excluding hydrogens is 262 g/mol. The molecule has 1 amide bonds. The molecule has 1 aliphatic rings. The molecule has 2 rings (SSSR count).